The van der Waals surface area contributed by atoms with Gasteiger partial charge in [-0.05, 0) is 17.7 Å². The molecule has 1 heterocycles. The minimum atomic E-state index is -0.865. The highest BCUT2D eigenvalue weighted by molar-refractivity contribution is 5.45. The van der Waals surface area contributed by atoms with Crippen molar-refractivity contribution in [2.24, 2.45) is 5.73 Å². The zero-order chi connectivity index (χ0) is 13.7. The molecule has 2 unspecified atom stereocenters. The molecule has 0 bridgehead atoms. The number of aliphatic hydroxyl groups excluding tert-OH is 1. The lowest BCUT2D eigenvalue weighted by Crippen LogP contribution is -2.33. The Labute approximate surface area is 112 Å². The van der Waals surface area contributed by atoms with Gasteiger partial charge in [-0.25, -0.2) is 5.12 Å². The minimum Gasteiger partial charge on any atom is -0.390 e. The summed E-state index contributed by atoms with van der Waals surface area (Å²) in [5, 5.41) is 13.1. The SMILES string of the molecule is NCC(O)CN(F)c1ccc(C2CNCCO2)cc1. The van der Waals surface area contributed by atoms with E-state index >= 15 is 0 Å². The minimum absolute atomic E-state index is 0.0190. The molecule has 0 aliphatic carbocycles. The van der Waals surface area contributed by atoms with Crippen LogP contribution in [-0.4, -0.2) is 44.0 Å². The molecule has 1 aliphatic rings. The van der Waals surface area contributed by atoms with Gasteiger partial charge in [0.25, 0.3) is 0 Å². The van der Waals surface area contributed by atoms with Crippen molar-refractivity contribution < 1.29 is 14.3 Å². The summed E-state index contributed by atoms with van der Waals surface area (Å²) in [7, 11) is 0. The summed E-state index contributed by atoms with van der Waals surface area (Å²) in [5.41, 5.74) is 6.67. The highest BCUT2D eigenvalue weighted by atomic mass is 19.2. The highest BCUT2D eigenvalue weighted by Crippen LogP contribution is 2.22. The molecule has 5 nitrogen and oxygen atoms in total. The Morgan fingerprint density at radius 3 is 2.79 bits per heavy atom. The fraction of sp³-hybridized carbons (Fsp3) is 0.538. The summed E-state index contributed by atoms with van der Waals surface area (Å²) in [4.78, 5) is 0. The van der Waals surface area contributed by atoms with E-state index in [0.29, 0.717) is 17.4 Å². The van der Waals surface area contributed by atoms with Crippen LogP contribution in [0.4, 0.5) is 10.2 Å². The van der Waals surface area contributed by atoms with Gasteiger partial charge in [0, 0.05) is 19.6 Å². The number of nitrogens with zero attached hydrogens (tertiary/aromatic N) is 1. The molecule has 1 fully saturated rings. The van der Waals surface area contributed by atoms with Crippen LogP contribution in [0, 0.1) is 0 Å². The van der Waals surface area contributed by atoms with Gasteiger partial charge in [0.15, 0.2) is 0 Å². The molecule has 0 spiro atoms. The zero-order valence-electron chi connectivity index (χ0n) is 10.8. The molecular formula is C13H20FN3O2. The van der Waals surface area contributed by atoms with Crippen LogP contribution in [0.15, 0.2) is 24.3 Å². The number of hydrogen-bond donors (Lipinski definition) is 3. The summed E-state index contributed by atoms with van der Waals surface area (Å²) in [6.07, 6.45) is -0.846. The number of benzene rings is 1. The summed E-state index contributed by atoms with van der Waals surface area (Å²) in [6, 6.07) is 7.04. The molecular weight excluding hydrogens is 249 g/mol. The van der Waals surface area contributed by atoms with E-state index in [0.717, 1.165) is 18.7 Å². The van der Waals surface area contributed by atoms with Gasteiger partial charge in [0.1, 0.15) is 0 Å². The number of hydrogen-bond acceptors (Lipinski definition) is 5. The summed E-state index contributed by atoms with van der Waals surface area (Å²) < 4.78 is 19.3. The molecule has 106 valence electrons. The summed E-state index contributed by atoms with van der Waals surface area (Å²) in [5.74, 6) is 0. The maximum absolute atomic E-state index is 13.7. The molecule has 0 aromatic heterocycles. The van der Waals surface area contributed by atoms with Crippen LogP contribution in [0.3, 0.4) is 0 Å². The molecule has 1 aliphatic heterocycles. The fourth-order valence-corrected chi connectivity index (χ4v) is 2.00. The second kappa shape index (κ2) is 6.81. The molecule has 2 rings (SSSR count). The van der Waals surface area contributed by atoms with Crippen LogP contribution in [0.25, 0.3) is 0 Å². The number of ether oxygens (including phenoxy) is 1. The van der Waals surface area contributed by atoms with Crippen molar-refractivity contribution in [2.45, 2.75) is 12.2 Å². The van der Waals surface area contributed by atoms with Crippen molar-refractivity contribution in [3.05, 3.63) is 29.8 Å². The number of nitrogens with two attached hydrogens (primary N) is 1. The summed E-state index contributed by atoms with van der Waals surface area (Å²) in [6.45, 7) is 2.23. The lowest BCUT2D eigenvalue weighted by Gasteiger charge is -2.24. The Morgan fingerprint density at radius 1 is 1.47 bits per heavy atom. The number of morpholine rings is 1. The van der Waals surface area contributed by atoms with E-state index < -0.39 is 6.10 Å². The number of halogens is 1. The van der Waals surface area contributed by atoms with Gasteiger partial charge in [-0.15, -0.1) is 0 Å². The van der Waals surface area contributed by atoms with Crippen LogP contribution in [0.1, 0.15) is 11.7 Å². The van der Waals surface area contributed by atoms with E-state index in [9.17, 15) is 9.59 Å². The van der Waals surface area contributed by atoms with Crippen LogP contribution in [0.5, 0.6) is 0 Å². The molecule has 1 aromatic carbocycles. The Morgan fingerprint density at radius 2 is 2.21 bits per heavy atom. The van der Waals surface area contributed by atoms with Crippen LogP contribution < -0.4 is 16.2 Å². The van der Waals surface area contributed by atoms with Crippen LogP contribution >= 0.6 is 0 Å². The number of anilines is 1. The third-order valence-electron chi connectivity index (χ3n) is 3.12. The number of aliphatic hydroxyl groups is 1. The molecule has 0 amide bonds. The van der Waals surface area contributed by atoms with Crippen molar-refractivity contribution >= 4 is 5.69 Å². The molecule has 19 heavy (non-hydrogen) atoms. The van der Waals surface area contributed by atoms with Crippen molar-refractivity contribution in [3.63, 3.8) is 0 Å². The third kappa shape index (κ3) is 3.87. The Hall–Kier alpha value is -1.21. The topological polar surface area (TPSA) is 70.8 Å². The Kier molecular flexibility index (Phi) is 5.09. The van der Waals surface area contributed by atoms with E-state index in [2.05, 4.69) is 5.32 Å². The second-order valence-electron chi connectivity index (χ2n) is 4.59. The van der Waals surface area contributed by atoms with Gasteiger partial charge in [-0.1, -0.05) is 16.6 Å². The average Bonchev–Trinajstić information content (AvgIpc) is 2.48. The van der Waals surface area contributed by atoms with Gasteiger partial charge >= 0.3 is 0 Å². The normalized spacial score (nSPS) is 21.1. The number of nitrogens with one attached hydrogen (secondary N) is 1. The monoisotopic (exact) mass is 269 g/mol. The van der Waals surface area contributed by atoms with Crippen molar-refractivity contribution in [2.75, 3.05) is 37.9 Å². The third-order valence-corrected chi connectivity index (χ3v) is 3.12. The van der Waals surface area contributed by atoms with Gasteiger partial charge in [-0.3, -0.25) is 0 Å². The molecule has 4 N–H and O–H groups in total. The Balaban J connectivity index is 1.97. The molecule has 2 atom stereocenters. The lowest BCUT2D eigenvalue weighted by molar-refractivity contribution is 0.0277. The molecule has 6 heteroatoms. The van der Waals surface area contributed by atoms with Gasteiger partial charge in [0.05, 0.1) is 31.0 Å². The van der Waals surface area contributed by atoms with Crippen molar-refractivity contribution in [1.29, 1.82) is 0 Å². The maximum Gasteiger partial charge on any atom is 0.0949 e. The first-order valence-corrected chi connectivity index (χ1v) is 6.44. The lowest BCUT2D eigenvalue weighted by atomic mass is 10.1. The molecule has 0 saturated carbocycles. The summed E-state index contributed by atoms with van der Waals surface area (Å²) >= 11 is 0. The highest BCUT2D eigenvalue weighted by Gasteiger charge is 2.16. The first kappa shape index (κ1) is 14.2. The van der Waals surface area contributed by atoms with E-state index in [-0.39, 0.29) is 19.2 Å². The quantitative estimate of drug-likeness (QED) is 0.673. The molecule has 0 radical (unpaired) electrons. The van der Waals surface area contributed by atoms with E-state index in [1.165, 1.54) is 0 Å². The van der Waals surface area contributed by atoms with Crippen molar-refractivity contribution in [1.82, 2.24) is 5.32 Å². The molecule has 1 saturated heterocycles. The fourth-order valence-electron chi connectivity index (χ4n) is 2.00. The van der Waals surface area contributed by atoms with Crippen molar-refractivity contribution in [3.8, 4) is 0 Å². The standard InChI is InChI=1S/C13H20FN3O2/c14-17(9-12(18)7-15)11-3-1-10(2-4-11)13-8-16-5-6-19-13/h1-4,12-13,16,18H,5-9,15H2. The van der Waals surface area contributed by atoms with Gasteiger partial charge < -0.3 is 20.9 Å². The van der Waals surface area contributed by atoms with E-state index in [1.54, 1.807) is 12.1 Å². The average molecular weight is 269 g/mol. The first-order valence-electron chi connectivity index (χ1n) is 6.44. The zero-order valence-corrected chi connectivity index (χ0v) is 10.8. The van der Waals surface area contributed by atoms with E-state index in [1.807, 2.05) is 12.1 Å². The van der Waals surface area contributed by atoms with Gasteiger partial charge in [0.2, 0.25) is 0 Å². The van der Waals surface area contributed by atoms with Crippen LogP contribution in [0.2, 0.25) is 0 Å². The smallest absolute Gasteiger partial charge is 0.0949 e. The predicted molar refractivity (Wildman–Crippen MR) is 71.5 cm³/mol. The maximum atomic E-state index is 13.7. The second-order valence-corrected chi connectivity index (χ2v) is 4.59. The van der Waals surface area contributed by atoms with E-state index in [4.69, 9.17) is 10.5 Å². The predicted octanol–water partition coefficient (Wildman–Crippen LogP) is 0.358. The Bertz CT molecular complexity index is 382. The molecule has 1 aromatic rings. The largest absolute Gasteiger partial charge is 0.390 e. The van der Waals surface area contributed by atoms with Crippen LogP contribution in [-0.2, 0) is 4.74 Å². The first-order chi connectivity index (χ1) is 9.20. The van der Waals surface area contributed by atoms with Gasteiger partial charge in [-0.2, -0.15) is 0 Å². The number of rotatable bonds is 5.